The molecule has 0 bridgehead atoms. The van der Waals surface area contributed by atoms with Crippen molar-refractivity contribution in [1.82, 2.24) is 15.3 Å². The fourth-order valence-electron chi connectivity index (χ4n) is 1.98. The van der Waals surface area contributed by atoms with Crippen molar-refractivity contribution in [3.8, 4) is 0 Å². The molecule has 82 valence electrons. The Hall–Kier alpha value is -1.16. The lowest BCUT2D eigenvalue weighted by atomic mass is 9.97. The van der Waals surface area contributed by atoms with Crippen LogP contribution in [0.15, 0.2) is 4.79 Å². The van der Waals surface area contributed by atoms with Gasteiger partial charge in [-0.25, -0.2) is 4.98 Å². The summed E-state index contributed by atoms with van der Waals surface area (Å²) in [6.07, 6.45) is 4.12. The molecule has 0 atom stereocenters. The van der Waals surface area contributed by atoms with Gasteiger partial charge in [0.2, 0.25) is 0 Å². The minimum atomic E-state index is 0.0626. The molecule has 0 aromatic carbocycles. The maximum Gasteiger partial charge on any atom is 0.254 e. The van der Waals surface area contributed by atoms with E-state index in [0.717, 1.165) is 49.3 Å². The first kappa shape index (κ1) is 10.4. The summed E-state index contributed by atoms with van der Waals surface area (Å²) < 4.78 is 0. The number of rotatable bonds is 3. The third kappa shape index (κ3) is 2.26. The number of fused-ring (bicyclic) bond motifs is 1. The number of nitrogens with one attached hydrogen (secondary N) is 2. The van der Waals surface area contributed by atoms with Crippen LogP contribution in [-0.4, -0.2) is 16.5 Å². The summed E-state index contributed by atoms with van der Waals surface area (Å²) >= 11 is 0. The van der Waals surface area contributed by atoms with Gasteiger partial charge in [-0.1, -0.05) is 6.92 Å². The van der Waals surface area contributed by atoms with E-state index in [1.165, 1.54) is 0 Å². The molecule has 0 radical (unpaired) electrons. The molecule has 1 aromatic heterocycles. The Bertz CT molecular complexity index is 397. The van der Waals surface area contributed by atoms with E-state index in [2.05, 4.69) is 15.3 Å². The molecule has 1 heterocycles. The molecule has 4 heteroatoms. The Labute approximate surface area is 89.1 Å². The van der Waals surface area contributed by atoms with Gasteiger partial charge < -0.3 is 10.3 Å². The summed E-state index contributed by atoms with van der Waals surface area (Å²) in [4.78, 5) is 19.1. The number of nitrogens with zero attached hydrogens (tertiary/aromatic N) is 1. The number of hydrogen-bond acceptors (Lipinski definition) is 3. The average Bonchev–Trinajstić information content (AvgIpc) is 2.26. The molecule has 0 amide bonds. The fourth-order valence-corrected chi connectivity index (χ4v) is 1.98. The second-order valence-corrected chi connectivity index (χ2v) is 3.93. The summed E-state index contributed by atoms with van der Waals surface area (Å²) in [5.74, 6) is 0.766. The van der Waals surface area contributed by atoms with Crippen molar-refractivity contribution >= 4 is 0 Å². The van der Waals surface area contributed by atoms with Gasteiger partial charge in [0.05, 0.1) is 12.2 Å². The van der Waals surface area contributed by atoms with Gasteiger partial charge >= 0.3 is 0 Å². The minimum absolute atomic E-state index is 0.0626. The van der Waals surface area contributed by atoms with Crippen LogP contribution in [0.1, 0.15) is 36.8 Å². The molecule has 0 fully saturated rings. The predicted octanol–water partition coefficient (Wildman–Crippen LogP) is 0.758. The molecule has 0 aliphatic heterocycles. The second-order valence-electron chi connectivity index (χ2n) is 3.93. The smallest absolute Gasteiger partial charge is 0.254 e. The molecule has 0 unspecified atom stereocenters. The maximum atomic E-state index is 11.7. The number of H-pyrrole nitrogens is 1. The third-order valence-electron chi connectivity index (χ3n) is 2.78. The molecule has 2 rings (SSSR count). The Morgan fingerprint density at radius 1 is 1.40 bits per heavy atom. The first-order valence-corrected chi connectivity index (χ1v) is 5.63. The van der Waals surface area contributed by atoms with Gasteiger partial charge in [-0.2, -0.15) is 0 Å². The summed E-state index contributed by atoms with van der Waals surface area (Å²) in [5.41, 5.74) is 1.98. The van der Waals surface area contributed by atoms with E-state index in [1.54, 1.807) is 0 Å². The van der Waals surface area contributed by atoms with Crippen molar-refractivity contribution in [2.24, 2.45) is 0 Å². The van der Waals surface area contributed by atoms with Gasteiger partial charge in [-0.15, -0.1) is 0 Å². The highest BCUT2D eigenvalue weighted by Crippen LogP contribution is 2.15. The normalized spacial score (nSPS) is 15.0. The lowest BCUT2D eigenvalue weighted by Gasteiger charge is -2.14. The van der Waals surface area contributed by atoms with Crippen LogP contribution in [0.4, 0.5) is 0 Å². The van der Waals surface area contributed by atoms with E-state index in [1.807, 2.05) is 6.92 Å². The largest absolute Gasteiger partial charge is 0.310 e. The Balaban J connectivity index is 2.28. The standard InChI is InChI=1S/C11H17N3O/c1-2-12-7-10-13-9-6-4-3-5-8(9)11(15)14-10/h12H,2-7H2,1H3,(H,13,14,15). The number of aromatic amines is 1. The van der Waals surface area contributed by atoms with Crippen LogP contribution in [0.2, 0.25) is 0 Å². The first-order valence-electron chi connectivity index (χ1n) is 5.63. The molecule has 1 aromatic rings. The summed E-state index contributed by atoms with van der Waals surface area (Å²) in [6, 6.07) is 0. The molecule has 0 saturated carbocycles. The lowest BCUT2D eigenvalue weighted by Crippen LogP contribution is -2.25. The van der Waals surface area contributed by atoms with Crippen LogP contribution in [0, 0.1) is 0 Å². The molecular formula is C11H17N3O. The zero-order chi connectivity index (χ0) is 10.7. The first-order chi connectivity index (χ1) is 7.31. The minimum Gasteiger partial charge on any atom is -0.310 e. The zero-order valence-electron chi connectivity index (χ0n) is 9.10. The molecular weight excluding hydrogens is 190 g/mol. The van der Waals surface area contributed by atoms with Crippen LogP contribution in [0.3, 0.4) is 0 Å². The molecule has 1 aliphatic rings. The Morgan fingerprint density at radius 3 is 3.00 bits per heavy atom. The van der Waals surface area contributed by atoms with Crippen LogP contribution in [0.25, 0.3) is 0 Å². The topological polar surface area (TPSA) is 57.8 Å². The second kappa shape index (κ2) is 4.57. The van der Waals surface area contributed by atoms with E-state index in [4.69, 9.17) is 0 Å². The van der Waals surface area contributed by atoms with Gasteiger partial charge in [0.25, 0.3) is 5.56 Å². The van der Waals surface area contributed by atoms with Crippen LogP contribution in [0.5, 0.6) is 0 Å². The number of hydrogen-bond donors (Lipinski definition) is 2. The molecule has 0 spiro atoms. The highest BCUT2D eigenvalue weighted by Gasteiger charge is 2.14. The van der Waals surface area contributed by atoms with Gasteiger partial charge in [-0.3, -0.25) is 4.79 Å². The SMILES string of the molecule is CCNCc1nc2c(c(=O)[nH]1)CCCC2. The van der Waals surface area contributed by atoms with Crippen molar-refractivity contribution in [2.45, 2.75) is 39.2 Å². The van der Waals surface area contributed by atoms with Crippen LogP contribution < -0.4 is 10.9 Å². The average molecular weight is 207 g/mol. The van der Waals surface area contributed by atoms with E-state index < -0.39 is 0 Å². The van der Waals surface area contributed by atoms with Crippen molar-refractivity contribution < 1.29 is 0 Å². The van der Waals surface area contributed by atoms with Gasteiger partial charge in [0, 0.05) is 5.56 Å². The van der Waals surface area contributed by atoms with E-state index in [-0.39, 0.29) is 5.56 Å². The predicted molar refractivity (Wildman–Crippen MR) is 58.9 cm³/mol. The van der Waals surface area contributed by atoms with Crippen molar-refractivity contribution in [2.75, 3.05) is 6.54 Å². The van der Waals surface area contributed by atoms with Gasteiger partial charge in [0.1, 0.15) is 5.82 Å². The van der Waals surface area contributed by atoms with Crippen molar-refractivity contribution in [1.29, 1.82) is 0 Å². The Morgan fingerprint density at radius 2 is 2.20 bits per heavy atom. The molecule has 1 aliphatic carbocycles. The number of aromatic nitrogens is 2. The van der Waals surface area contributed by atoms with E-state index in [9.17, 15) is 4.79 Å². The highest BCUT2D eigenvalue weighted by molar-refractivity contribution is 5.20. The maximum absolute atomic E-state index is 11.7. The summed E-state index contributed by atoms with van der Waals surface area (Å²) in [5, 5.41) is 3.17. The zero-order valence-corrected chi connectivity index (χ0v) is 9.10. The fraction of sp³-hybridized carbons (Fsp3) is 0.636. The number of aryl methyl sites for hydroxylation is 1. The van der Waals surface area contributed by atoms with Crippen LogP contribution >= 0.6 is 0 Å². The molecule has 4 nitrogen and oxygen atoms in total. The molecule has 0 saturated heterocycles. The van der Waals surface area contributed by atoms with E-state index >= 15 is 0 Å². The van der Waals surface area contributed by atoms with Crippen LogP contribution in [-0.2, 0) is 19.4 Å². The highest BCUT2D eigenvalue weighted by atomic mass is 16.1. The summed E-state index contributed by atoms with van der Waals surface area (Å²) in [7, 11) is 0. The van der Waals surface area contributed by atoms with E-state index in [0.29, 0.717) is 6.54 Å². The van der Waals surface area contributed by atoms with Gasteiger partial charge in [-0.05, 0) is 32.2 Å². The molecule has 15 heavy (non-hydrogen) atoms. The van der Waals surface area contributed by atoms with Crippen molar-refractivity contribution in [3.63, 3.8) is 0 Å². The third-order valence-corrected chi connectivity index (χ3v) is 2.78. The Kier molecular flexibility index (Phi) is 3.16. The monoisotopic (exact) mass is 207 g/mol. The van der Waals surface area contributed by atoms with Crippen molar-refractivity contribution in [3.05, 3.63) is 27.4 Å². The summed E-state index contributed by atoms with van der Waals surface area (Å²) in [6.45, 7) is 3.58. The molecule has 2 N–H and O–H groups in total. The van der Waals surface area contributed by atoms with Gasteiger partial charge in [0.15, 0.2) is 0 Å². The quantitative estimate of drug-likeness (QED) is 0.769. The lowest BCUT2D eigenvalue weighted by molar-refractivity contribution is 0.627.